The van der Waals surface area contributed by atoms with Crippen molar-refractivity contribution in [3.8, 4) is 5.75 Å². The molecule has 1 rings (SSSR count). The van der Waals surface area contributed by atoms with E-state index in [1.165, 1.54) is 0 Å². The van der Waals surface area contributed by atoms with Gasteiger partial charge in [0.1, 0.15) is 5.75 Å². The Kier molecular flexibility index (Phi) is 3.97. The van der Waals surface area contributed by atoms with Crippen molar-refractivity contribution < 1.29 is 14.6 Å². The molecule has 1 aromatic rings. The summed E-state index contributed by atoms with van der Waals surface area (Å²) in [6.45, 7) is 3.92. The Hall–Kier alpha value is -1.71. The first-order valence-corrected chi connectivity index (χ1v) is 4.80. The van der Waals surface area contributed by atoms with Crippen molar-refractivity contribution in [1.29, 1.82) is 0 Å². The summed E-state index contributed by atoms with van der Waals surface area (Å²) >= 11 is 0. The van der Waals surface area contributed by atoms with Crippen LogP contribution in [-0.2, 0) is 11.3 Å². The molecule has 1 amide bonds. The van der Waals surface area contributed by atoms with Gasteiger partial charge >= 0.3 is 6.09 Å². The van der Waals surface area contributed by atoms with Crippen molar-refractivity contribution in [2.45, 2.75) is 26.5 Å². The van der Waals surface area contributed by atoms with Gasteiger partial charge in [0.05, 0.1) is 6.10 Å². The molecule has 0 heterocycles. The van der Waals surface area contributed by atoms with Gasteiger partial charge in [-0.05, 0) is 31.5 Å². The van der Waals surface area contributed by atoms with Crippen LogP contribution in [0.3, 0.4) is 0 Å². The Morgan fingerprint density at radius 2 is 2.27 bits per heavy atom. The third-order valence-electron chi connectivity index (χ3n) is 1.69. The average molecular weight is 209 g/mol. The number of hydrogen-bond donors (Lipinski definition) is 2. The highest BCUT2D eigenvalue weighted by Crippen LogP contribution is 2.10. The van der Waals surface area contributed by atoms with Crippen molar-refractivity contribution in [3.05, 3.63) is 29.8 Å². The quantitative estimate of drug-likeness (QED) is 0.800. The molecule has 1 aromatic carbocycles. The molecule has 0 aliphatic carbocycles. The number of rotatable bonds is 3. The molecule has 15 heavy (non-hydrogen) atoms. The standard InChI is InChI=1S/C11H15NO3/c1-8(2)15-11(14)12-7-9-4-3-5-10(13)6-9/h3-6,8,13H,7H2,1-2H3,(H,12,14). The Labute approximate surface area is 88.9 Å². The third-order valence-corrected chi connectivity index (χ3v) is 1.69. The molecule has 0 fully saturated rings. The molecular formula is C11H15NO3. The van der Waals surface area contributed by atoms with Gasteiger partial charge in [-0.3, -0.25) is 0 Å². The normalized spacial score (nSPS) is 10.1. The van der Waals surface area contributed by atoms with Crippen molar-refractivity contribution in [2.24, 2.45) is 0 Å². The summed E-state index contributed by atoms with van der Waals surface area (Å²) in [6.07, 6.45) is -0.581. The first-order chi connectivity index (χ1) is 7.08. The smallest absolute Gasteiger partial charge is 0.407 e. The van der Waals surface area contributed by atoms with Crippen LogP contribution < -0.4 is 5.32 Å². The number of benzene rings is 1. The minimum absolute atomic E-state index is 0.130. The summed E-state index contributed by atoms with van der Waals surface area (Å²) in [5.74, 6) is 0.187. The van der Waals surface area contributed by atoms with E-state index in [0.29, 0.717) is 6.54 Å². The van der Waals surface area contributed by atoms with E-state index in [1.807, 2.05) is 6.07 Å². The second-order valence-electron chi connectivity index (χ2n) is 3.48. The zero-order valence-electron chi connectivity index (χ0n) is 8.86. The molecule has 82 valence electrons. The van der Waals surface area contributed by atoms with Crippen LogP contribution in [0, 0.1) is 0 Å². The Morgan fingerprint density at radius 3 is 2.87 bits per heavy atom. The lowest BCUT2D eigenvalue weighted by Gasteiger charge is -2.09. The first-order valence-electron chi connectivity index (χ1n) is 4.80. The number of hydrogen-bond acceptors (Lipinski definition) is 3. The molecule has 0 radical (unpaired) electrons. The van der Waals surface area contributed by atoms with Crippen LogP contribution >= 0.6 is 0 Å². The van der Waals surface area contributed by atoms with E-state index in [1.54, 1.807) is 32.0 Å². The van der Waals surface area contributed by atoms with Crippen molar-refractivity contribution in [3.63, 3.8) is 0 Å². The summed E-state index contributed by atoms with van der Waals surface area (Å²) < 4.78 is 4.89. The fourth-order valence-electron chi connectivity index (χ4n) is 1.10. The van der Waals surface area contributed by atoms with Gasteiger partial charge in [0.2, 0.25) is 0 Å². The van der Waals surface area contributed by atoms with Crippen molar-refractivity contribution in [2.75, 3.05) is 0 Å². The molecule has 0 atom stereocenters. The summed E-state index contributed by atoms with van der Waals surface area (Å²) in [5.41, 5.74) is 0.829. The molecule has 0 unspecified atom stereocenters. The van der Waals surface area contributed by atoms with E-state index in [9.17, 15) is 9.90 Å². The van der Waals surface area contributed by atoms with Crippen LogP contribution in [0.2, 0.25) is 0 Å². The molecule has 0 saturated heterocycles. The van der Waals surface area contributed by atoms with Crippen LogP contribution in [0.5, 0.6) is 5.75 Å². The van der Waals surface area contributed by atoms with Gasteiger partial charge in [0, 0.05) is 6.54 Å². The number of nitrogens with one attached hydrogen (secondary N) is 1. The van der Waals surface area contributed by atoms with E-state index >= 15 is 0 Å². The van der Waals surface area contributed by atoms with Crippen LogP contribution in [0.15, 0.2) is 24.3 Å². The highest BCUT2D eigenvalue weighted by atomic mass is 16.6. The van der Waals surface area contributed by atoms with Crippen molar-refractivity contribution in [1.82, 2.24) is 5.32 Å². The van der Waals surface area contributed by atoms with Gasteiger partial charge in [-0.2, -0.15) is 0 Å². The SMILES string of the molecule is CC(C)OC(=O)NCc1cccc(O)c1. The number of amides is 1. The van der Waals surface area contributed by atoms with Gasteiger partial charge in [-0.1, -0.05) is 12.1 Å². The zero-order chi connectivity index (χ0) is 11.3. The maximum atomic E-state index is 11.1. The summed E-state index contributed by atoms with van der Waals surface area (Å²) in [5, 5.41) is 11.8. The summed E-state index contributed by atoms with van der Waals surface area (Å²) in [4.78, 5) is 11.1. The Balaban J connectivity index is 2.40. The summed E-state index contributed by atoms with van der Waals surface area (Å²) in [7, 11) is 0. The van der Waals surface area contributed by atoms with Gasteiger partial charge in [-0.15, -0.1) is 0 Å². The molecular weight excluding hydrogens is 194 g/mol. The van der Waals surface area contributed by atoms with Crippen molar-refractivity contribution >= 4 is 6.09 Å². The number of ether oxygens (including phenoxy) is 1. The van der Waals surface area contributed by atoms with E-state index in [4.69, 9.17) is 4.74 Å². The topological polar surface area (TPSA) is 58.6 Å². The maximum absolute atomic E-state index is 11.1. The maximum Gasteiger partial charge on any atom is 0.407 e. The monoisotopic (exact) mass is 209 g/mol. The lowest BCUT2D eigenvalue weighted by atomic mass is 10.2. The van der Waals surface area contributed by atoms with E-state index < -0.39 is 6.09 Å². The number of phenolic OH excluding ortho intramolecular Hbond substituents is 1. The zero-order valence-corrected chi connectivity index (χ0v) is 8.86. The molecule has 0 aliphatic heterocycles. The Morgan fingerprint density at radius 1 is 1.53 bits per heavy atom. The van der Waals surface area contributed by atoms with E-state index in [2.05, 4.69) is 5.32 Å². The fourth-order valence-corrected chi connectivity index (χ4v) is 1.10. The number of aromatic hydroxyl groups is 1. The molecule has 4 nitrogen and oxygen atoms in total. The molecule has 0 aliphatic rings. The lowest BCUT2D eigenvalue weighted by Crippen LogP contribution is -2.26. The van der Waals surface area contributed by atoms with Gasteiger partial charge in [0.25, 0.3) is 0 Å². The predicted molar refractivity (Wildman–Crippen MR) is 56.6 cm³/mol. The second kappa shape index (κ2) is 5.24. The lowest BCUT2D eigenvalue weighted by molar-refractivity contribution is 0.115. The van der Waals surface area contributed by atoms with Gasteiger partial charge in [0.15, 0.2) is 0 Å². The molecule has 2 N–H and O–H groups in total. The van der Waals surface area contributed by atoms with Crippen LogP contribution in [0.1, 0.15) is 19.4 Å². The highest BCUT2D eigenvalue weighted by molar-refractivity contribution is 5.67. The largest absolute Gasteiger partial charge is 0.508 e. The number of alkyl carbamates (subject to hydrolysis) is 1. The molecule has 4 heteroatoms. The van der Waals surface area contributed by atoms with Crippen LogP contribution in [0.25, 0.3) is 0 Å². The van der Waals surface area contributed by atoms with E-state index in [-0.39, 0.29) is 11.9 Å². The third kappa shape index (κ3) is 4.35. The Bertz CT molecular complexity index is 336. The average Bonchev–Trinajstić information content (AvgIpc) is 2.14. The number of phenols is 1. The fraction of sp³-hybridized carbons (Fsp3) is 0.364. The molecule has 0 saturated carbocycles. The number of carbonyl (C=O) groups excluding carboxylic acids is 1. The minimum Gasteiger partial charge on any atom is -0.508 e. The molecule has 0 bridgehead atoms. The van der Waals surface area contributed by atoms with Crippen LogP contribution in [-0.4, -0.2) is 17.3 Å². The number of carbonyl (C=O) groups is 1. The van der Waals surface area contributed by atoms with Gasteiger partial charge < -0.3 is 15.2 Å². The first kappa shape index (κ1) is 11.4. The predicted octanol–water partition coefficient (Wildman–Crippen LogP) is 2.03. The summed E-state index contributed by atoms with van der Waals surface area (Å²) in [6, 6.07) is 6.71. The minimum atomic E-state index is -0.451. The second-order valence-corrected chi connectivity index (χ2v) is 3.48. The van der Waals surface area contributed by atoms with E-state index in [0.717, 1.165) is 5.56 Å². The van der Waals surface area contributed by atoms with Crippen LogP contribution in [0.4, 0.5) is 4.79 Å². The van der Waals surface area contributed by atoms with Gasteiger partial charge in [-0.25, -0.2) is 4.79 Å². The molecule has 0 spiro atoms. The highest BCUT2D eigenvalue weighted by Gasteiger charge is 2.04. The molecule has 0 aromatic heterocycles.